The van der Waals surface area contributed by atoms with Crippen LogP contribution in [0.25, 0.3) is 10.9 Å². The Morgan fingerprint density at radius 2 is 2.06 bits per heavy atom. The summed E-state index contributed by atoms with van der Waals surface area (Å²) in [5.74, 6) is 0.506. The zero-order valence-electron chi connectivity index (χ0n) is 18.2. The summed E-state index contributed by atoms with van der Waals surface area (Å²) >= 11 is 0. The average molecular weight is 421 g/mol. The minimum absolute atomic E-state index is 0.0756. The standard InChI is InChI=1S/C23H28N6O2/c1-14-20(15(2)28(3)27-14)22(31)29-8-5-23(6-9-29)11-17(23)13-25-21(30)19-10-16-12-24-7-4-18(16)26-19/h4,7,10,12,17,26H,5-6,8-9,11,13H2,1-3H3,(H,25,30). The molecule has 1 aliphatic carbocycles. The molecule has 162 valence electrons. The van der Waals surface area contributed by atoms with Gasteiger partial charge in [-0.3, -0.25) is 19.3 Å². The van der Waals surface area contributed by atoms with E-state index in [9.17, 15) is 9.59 Å². The Kier molecular flexibility index (Phi) is 4.60. The van der Waals surface area contributed by atoms with Gasteiger partial charge in [-0.15, -0.1) is 0 Å². The van der Waals surface area contributed by atoms with Gasteiger partial charge in [0, 0.05) is 55.7 Å². The first-order valence-corrected chi connectivity index (χ1v) is 10.9. The quantitative estimate of drug-likeness (QED) is 0.678. The first-order chi connectivity index (χ1) is 14.9. The van der Waals surface area contributed by atoms with Gasteiger partial charge in [0.05, 0.1) is 11.3 Å². The van der Waals surface area contributed by atoms with Crippen LogP contribution >= 0.6 is 0 Å². The summed E-state index contributed by atoms with van der Waals surface area (Å²) in [6, 6.07) is 3.71. The number of hydrogen-bond acceptors (Lipinski definition) is 4. The van der Waals surface area contributed by atoms with Crippen molar-refractivity contribution in [3.8, 4) is 0 Å². The van der Waals surface area contributed by atoms with Crippen molar-refractivity contribution in [2.45, 2.75) is 33.1 Å². The van der Waals surface area contributed by atoms with Crippen LogP contribution in [-0.4, -0.2) is 56.1 Å². The molecular formula is C23H28N6O2. The van der Waals surface area contributed by atoms with E-state index in [1.54, 1.807) is 17.1 Å². The highest BCUT2D eigenvalue weighted by Gasteiger charge is 2.54. The number of amides is 2. The fourth-order valence-electron chi connectivity index (χ4n) is 5.13. The Morgan fingerprint density at radius 1 is 1.29 bits per heavy atom. The third-order valence-electron chi connectivity index (χ3n) is 7.30. The molecule has 0 aromatic carbocycles. The molecule has 1 saturated heterocycles. The highest BCUT2D eigenvalue weighted by atomic mass is 16.2. The third kappa shape index (κ3) is 3.40. The number of rotatable bonds is 4. The van der Waals surface area contributed by atoms with E-state index in [1.807, 2.05) is 37.9 Å². The van der Waals surface area contributed by atoms with Gasteiger partial charge >= 0.3 is 0 Å². The number of carbonyl (C=O) groups excluding carboxylic acids is 2. The summed E-state index contributed by atoms with van der Waals surface area (Å²) in [4.78, 5) is 34.8. The minimum Gasteiger partial charge on any atom is -0.350 e. The molecule has 1 aliphatic heterocycles. The van der Waals surface area contributed by atoms with Crippen LogP contribution < -0.4 is 5.32 Å². The fraction of sp³-hybridized carbons (Fsp3) is 0.478. The van der Waals surface area contributed by atoms with Crippen molar-refractivity contribution in [3.05, 3.63) is 47.2 Å². The number of nitrogens with zero attached hydrogens (tertiary/aromatic N) is 4. The number of carbonyl (C=O) groups is 2. The van der Waals surface area contributed by atoms with Gasteiger partial charge in [0.2, 0.25) is 0 Å². The molecule has 1 unspecified atom stereocenters. The van der Waals surface area contributed by atoms with E-state index < -0.39 is 0 Å². The summed E-state index contributed by atoms with van der Waals surface area (Å²) in [5, 5.41) is 8.41. The second-order valence-electron chi connectivity index (χ2n) is 9.08. The number of pyridine rings is 1. The Balaban J connectivity index is 1.15. The Hall–Kier alpha value is -3.16. The van der Waals surface area contributed by atoms with E-state index in [4.69, 9.17) is 0 Å². The average Bonchev–Trinajstić information content (AvgIpc) is 3.12. The van der Waals surface area contributed by atoms with Gasteiger partial charge < -0.3 is 15.2 Å². The molecule has 1 atom stereocenters. The lowest BCUT2D eigenvalue weighted by atomic mass is 9.90. The number of nitrogens with one attached hydrogen (secondary N) is 2. The number of piperidine rings is 1. The highest BCUT2D eigenvalue weighted by Crippen LogP contribution is 2.59. The summed E-state index contributed by atoms with van der Waals surface area (Å²) in [6.07, 6.45) is 6.58. The maximum absolute atomic E-state index is 13.0. The maximum Gasteiger partial charge on any atom is 0.267 e. The van der Waals surface area contributed by atoms with Crippen molar-refractivity contribution in [2.75, 3.05) is 19.6 Å². The van der Waals surface area contributed by atoms with Crippen molar-refractivity contribution >= 4 is 22.7 Å². The minimum atomic E-state index is -0.0756. The normalized spacial score (nSPS) is 19.7. The van der Waals surface area contributed by atoms with E-state index in [0.717, 1.165) is 60.2 Å². The predicted molar refractivity (Wildman–Crippen MR) is 117 cm³/mol. The predicted octanol–water partition coefficient (Wildman–Crippen LogP) is 2.59. The highest BCUT2D eigenvalue weighted by molar-refractivity contribution is 5.98. The number of aromatic amines is 1. The van der Waals surface area contributed by atoms with E-state index >= 15 is 0 Å². The topological polar surface area (TPSA) is 95.9 Å². The number of fused-ring (bicyclic) bond motifs is 1. The fourth-order valence-corrected chi connectivity index (χ4v) is 5.13. The molecular weight excluding hydrogens is 392 g/mol. The van der Waals surface area contributed by atoms with Crippen molar-refractivity contribution < 1.29 is 9.59 Å². The van der Waals surface area contributed by atoms with Crippen LogP contribution in [0.15, 0.2) is 24.5 Å². The third-order valence-corrected chi connectivity index (χ3v) is 7.30. The molecule has 2 N–H and O–H groups in total. The van der Waals surface area contributed by atoms with Crippen LogP contribution in [0.1, 0.15) is 51.5 Å². The summed E-state index contributed by atoms with van der Waals surface area (Å²) in [5.41, 5.74) is 4.21. The monoisotopic (exact) mass is 420 g/mol. The van der Waals surface area contributed by atoms with Crippen molar-refractivity contribution in [1.29, 1.82) is 0 Å². The zero-order valence-corrected chi connectivity index (χ0v) is 18.2. The lowest BCUT2D eigenvalue weighted by Gasteiger charge is -2.33. The van der Waals surface area contributed by atoms with Gasteiger partial charge in [0.15, 0.2) is 0 Å². The molecule has 31 heavy (non-hydrogen) atoms. The van der Waals surface area contributed by atoms with Crippen molar-refractivity contribution in [2.24, 2.45) is 18.4 Å². The van der Waals surface area contributed by atoms with Gasteiger partial charge in [-0.25, -0.2) is 0 Å². The summed E-state index contributed by atoms with van der Waals surface area (Å²) in [6.45, 7) is 6.07. The van der Waals surface area contributed by atoms with Crippen LogP contribution in [0.4, 0.5) is 0 Å². The molecule has 1 saturated carbocycles. The smallest absolute Gasteiger partial charge is 0.267 e. The number of H-pyrrole nitrogens is 1. The molecule has 5 rings (SSSR count). The number of aryl methyl sites for hydroxylation is 2. The molecule has 3 aromatic rings. The second kappa shape index (κ2) is 7.21. The van der Waals surface area contributed by atoms with Crippen LogP contribution in [0.2, 0.25) is 0 Å². The number of aromatic nitrogens is 4. The van der Waals surface area contributed by atoms with Gasteiger partial charge in [0.1, 0.15) is 5.69 Å². The zero-order chi connectivity index (χ0) is 21.8. The molecule has 0 bridgehead atoms. The SMILES string of the molecule is Cc1nn(C)c(C)c1C(=O)N1CCC2(CC1)CC2CNC(=O)c1cc2cnccc2[nH]1. The van der Waals surface area contributed by atoms with Crippen molar-refractivity contribution in [3.63, 3.8) is 0 Å². The molecule has 4 heterocycles. The van der Waals surface area contributed by atoms with Gasteiger partial charge in [0.25, 0.3) is 11.8 Å². The summed E-state index contributed by atoms with van der Waals surface area (Å²) in [7, 11) is 1.88. The second-order valence-corrected chi connectivity index (χ2v) is 9.08. The van der Waals surface area contributed by atoms with Crippen LogP contribution in [0.5, 0.6) is 0 Å². The van der Waals surface area contributed by atoms with E-state index in [1.165, 1.54) is 0 Å². The van der Waals surface area contributed by atoms with Crippen LogP contribution in [0, 0.1) is 25.2 Å². The Labute approximate surface area is 181 Å². The van der Waals surface area contributed by atoms with Crippen molar-refractivity contribution in [1.82, 2.24) is 30.0 Å². The molecule has 2 fully saturated rings. The molecule has 2 amide bonds. The number of hydrogen-bond donors (Lipinski definition) is 2. The van der Waals surface area contributed by atoms with Gasteiger partial charge in [-0.2, -0.15) is 5.10 Å². The maximum atomic E-state index is 13.0. The van der Waals surface area contributed by atoms with Crippen LogP contribution in [0.3, 0.4) is 0 Å². The van der Waals surface area contributed by atoms with E-state index in [-0.39, 0.29) is 17.2 Å². The molecule has 3 aromatic heterocycles. The largest absolute Gasteiger partial charge is 0.350 e. The Bertz CT molecular complexity index is 1140. The van der Waals surface area contributed by atoms with Crippen LogP contribution in [-0.2, 0) is 7.05 Å². The van der Waals surface area contributed by atoms with E-state index in [2.05, 4.69) is 20.4 Å². The lowest BCUT2D eigenvalue weighted by Crippen LogP contribution is -2.40. The van der Waals surface area contributed by atoms with Gasteiger partial charge in [-0.1, -0.05) is 0 Å². The number of likely N-dealkylation sites (tertiary alicyclic amines) is 1. The molecule has 8 heteroatoms. The summed E-state index contributed by atoms with van der Waals surface area (Å²) < 4.78 is 1.78. The Morgan fingerprint density at radius 3 is 2.74 bits per heavy atom. The molecule has 1 spiro atoms. The molecule has 0 radical (unpaired) electrons. The lowest BCUT2D eigenvalue weighted by molar-refractivity contribution is 0.0667. The molecule has 2 aliphatic rings. The van der Waals surface area contributed by atoms with Gasteiger partial charge in [-0.05, 0) is 56.6 Å². The first-order valence-electron chi connectivity index (χ1n) is 10.9. The molecule has 8 nitrogen and oxygen atoms in total. The van der Waals surface area contributed by atoms with E-state index in [0.29, 0.717) is 18.2 Å². The first kappa shape index (κ1) is 19.8.